The number of aliphatic hydroxyl groups excluding tert-OH is 1. The van der Waals surface area contributed by atoms with Gasteiger partial charge in [-0.25, -0.2) is 0 Å². The van der Waals surface area contributed by atoms with Crippen molar-refractivity contribution in [3.63, 3.8) is 0 Å². The zero-order valence-corrected chi connectivity index (χ0v) is 16.9. The maximum atomic E-state index is 13.1. The van der Waals surface area contributed by atoms with E-state index in [1.165, 1.54) is 0 Å². The molecule has 154 valence electrons. The summed E-state index contributed by atoms with van der Waals surface area (Å²) in [5.41, 5.74) is 1.93. The summed E-state index contributed by atoms with van der Waals surface area (Å²) in [5, 5.41) is 11.2. The lowest BCUT2D eigenvalue weighted by Gasteiger charge is -2.46. The molecule has 1 heterocycles. The topological polar surface area (TPSA) is 49.8 Å². The van der Waals surface area contributed by atoms with Gasteiger partial charge in [-0.3, -0.25) is 9.69 Å². The van der Waals surface area contributed by atoms with Crippen LogP contribution in [0.2, 0.25) is 0 Å². The standard InChI is InChI=1S/C26H27NO3/c1-2-23(20-12-7-4-8-13-20)30-26(29)22-15-9-14-21-16-17-27(25(28)24(21)22)18-19-10-5-3-6-11-19/h1,3-14,21-25,28H,15-18H2. The summed E-state index contributed by atoms with van der Waals surface area (Å²) < 4.78 is 5.74. The largest absolute Gasteiger partial charge is 0.444 e. The molecule has 0 saturated carbocycles. The Kier molecular flexibility index (Phi) is 6.32. The van der Waals surface area contributed by atoms with Gasteiger partial charge in [0, 0.05) is 24.6 Å². The fraction of sp³-hybridized carbons (Fsp3) is 0.346. The van der Waals surface area contributed by atoms with Gasteiger partial charge in [-0.05, 0) is 24.3 Å². The molecule has 1 N–H and O–H groups in total. The molecule has 2 aromatic rings. The molecule has 1 aliphatic carbocycles. The molecule has 30 heavy (non-hydrogen) atoms. The molecule has 0 amide bonds. The molecule has 1 aliphatic heterocycles. The Labute approximate surface area is 178 Å². The summed E-state index contributed by atoms with van der Waals surface area (Å²) in [6.07, 6.45) is 9.89. The van der Waals surface area contributed by atoms with Crippen LogP contribution in [0.5, 0.6) is 0 Å². The lowest BCUT2D eigenvalue weighted by molar-refractivity contribution is -0.165. The highest BCUT2D eigenvalue weighted by atomic mass is 16.5. The summed E-state index contributed by atoms with van der Waals surface area (Å²) in [7, 11) is 0. The van der Waals surface area contributed by atoms with Gasteiger partial charge in [0.1, 0.15) is 6.23 Å². The number of carbonyl (C=O) groups excluding carboxylic acids is 1. The molecule has 4 rings (SSSR count). The smallest absolute Gasteiger partial charge is 0.311 e. The number of fused-ring (bicyclic) bond motifs is 1. The number of hydrogen-bond acceptors (Lipinski definition) is 4. The van der Waals surface area contributed by atoms with Crippen molar-refractivity contribution in [2.45, 2.75) is 31.7 Å². The summed E-state index contributed by atoms with van der Waals surface area (Å²) in [6.45, 7) is 1.45. The van der Waals surface area contributed by atoms with E-state index in [0.717, 1.165) is 24.1 Å². The number of ether oxygens (including phenoxy) is 1. The molecule has 4 nitrogen and oxygen atoms in total. The first-order valence-electron chi connectivity index (χ1n) is 10.5. The third-order valence-electron chi connectivity index (χ3n) is 6.22. The van der Waals surface area contributed by atoms with E-state index in [4.69, 9.17) is 11.2 Å². The van der Waals surface area contributed by atoms with E-state index in [1.54, 1.807) is 0 Å². The summed E-state index contributed by atoms with van der Waals surface area (Å²) in [5.74, 6) is 1.80. The van der Waals surface area contributed by atoms with Gasteiger partial charge < -0.3 is 9.84 Å². The molecule has 4 heteroatoms. The molecule has 0 radical (unpaired) electrons. The van der Waals surface area contributed by atoms with Crippen LogP contribution >= 0.6 is 0 Å². The van der Waals surface area contributed by atoms with Crippen LogP contribution in [-0.2, 0) is 16.1 Å². The number of piperidine rings is 1. The number of benzene rings is 2. The first-order valence-corrected chi connectivity index (χ1v) is 10.5. The fourth-order valence-corrected chi connectivity index (χ4v) is 4.67. The number of hydrogen-bond donors (Lipinski definition) is 1. The van der Waals surface area contributed by atoms with E-state index < -0.39 is 18.2 Å². The molecule has 0 bridgehead atoms. The van der Waals surface area contributed by atoms with Crippen LogP contribution in [0.1, 0.15) is 30.1 Å². The average molecular weight is 402 g/mol. The van der Waals surface area contributed by atoms with Crippen LogP contribution in [0.3, 0.4) is 0 Å². The number of esters is 1. The van der Waals surface area contributed by atoms with Gasteiger partial charge in [-0.15, -0.1) is 6.42 Å². The van der Waals surface area contributed by atoms with Crippen molar-refractivity contribution >= 4 is 5.97 Å². The van der Waals surface area contributed by atoms with Crippen LogP contribution < -0.4 is 0 Å². The SMILES string of the molecule is C#CC(OC(=O)C1CC=CC2CCN(Cc3ccccc3)C(O)C21)c1ccccc1. The van der Waals surface area contributed by atoms with Crippen LogP contribution in [0.25, 0.3) is 0 Å². The minimum absolute atomic E-state index is 0.166. The van der Waals surface area contributed by atoms with Gasteiger partial charge in [0.2, 0.25) is 0 Å². The first-order chi connectivity index (χ1) is 14.7. The zero-order chi connectivity index (χ0) is 20.9. The number of nitrogens with zero attached hydrogens (tertiary/aromatic N) is 1. The molecule has 1 saturated heterocycles. The monoisotopic (exact) mass is 401 g/mol. The lowest BCUT2D eigenvalue weighted by atomic mass is 9.71. The van der Waals surface area contributed by atoms with Crippen molar-refractivity contribution < 1.29 is 14.6 Å². The molecule has 1 fully saturated rings. The first kappa shape index (κ1) is 20.4. The van der Waals surface area contributed by atoms with E-state index in [1.807, 2.05) is 54.6 Å². The Hall–Kier alpha value is -2.87. The van der Waals surface area contributed by atoms with Crippen molar-refractivity contribution in [1.82, 2.24) is 4.90 Å². The molecule has 0 aromatic heterocycles. The number of likely N-dealkylation sites (tertiary alicyclic amines) is 1. The Morgan fingerprint density at radius 2 is 1.87 bits per heavy atom. The molecule has 5 unspecified atom stereocenters. The van der Waals surface area contributed by atoms with Crippen molar-refractivity contribution in [3.05, 3.63) is 83.9 Å². The summed E-state index contributed by atoms with van der Waals surface area (Å²) in [6, 6.07) is 19.5. The van der Waals surface area contributed by atoms with Crippen molar-refractivity contribution in [2.24, 2.45) is 17.8 Å². The minimum atomic E-state index is -0.718. The third-order valence-corrected chi connectivity index (χ3v) is 6.22. The second-order valence-corrected chi connectivity index (χ2v) is 8.06. The van der Waals surface area contributed by atoms with Crippen molar-refractivity contribution in [1.29, 1.82) is 0 Å². The molecule has 0 spiro atoms. The lowest BCUT2D eigenvalue weighted by Crippen LogP contribution is -2.53. The maximum absolute atomic E-state index is 13.1. The van der Waals surface area contributed by atoms with E-state index in [2.05, 4.69) is 29.0 Å². The van der Waals surface area contributed by atoms with Crippen LogP contribution in [0.15, 0.2) is 72.8 Å². The van der Waals surface area contributed by atoms with Crippen LogP contribution in [0.4, 0.5) is 0 Å². The third kappa shape index (κ3) is 4.33. The van der Waals surface area contributed by atoms with Crippen LogP contribution in [-0.4, -0.2) is 28.7 Å². The molecular formula is C26H27NO3. The zero-order valence-electron chi connectivity index (χ0n) is 16.9. The van der Waals surface area contributed by atoms with Crippen molar-refractivity contribution in [2.75, 3.05) is 6.54 Å². The fourth-order valence-electron chi connectivity index (χ4n) is 4.67. The normalized spacial score (nSPS) is 26.9. The van der Waals surface area contributed by atoms with Crippen molar-refractivity contribution in [3.8, 4) is 12.3 Å². The predicted molar refractivity (Wildman–Crippen MR) is 116 cm³/mol. The Bertz CT molecular complexity index is 918. The van der Waals surface area contributed by atoms with Gasteiger partial charge in [0.25, 0.3) is 0 Å². The van der Waals surface area contributed by atoms with Crippen LogP contribution in [0, 0.1) is 30.1 Å². The van der Waals surface area contributed by atoms with E-state index >= 15 is 0 Å². The second kappa shape index (κ2) is 9.30. The maximum Gasteiger partial charge on any atom is 0.311 e. The predicted octanol–water partition coefficient (Wildman–Crippen LogP) is 3.94. The van der Waals surface area contributed by atoms with Gasteiger partial charge in [0.15, 0.2) is 6.10 Å². The number of rotatable bonds is 5. The van der Waals surface area contributed by atoms with E-state index in [0.29, 0.717) is 13.0 Å². The molecule has 2 aliphatic rings. The minimum Gasteiger partial charge on any atom is -0.444 e. The summed E-state index contributed by atoms with van der Waals surface area (Å²) in [4.78, 5) is 15.2. The number of aliphatic hydroxyl groups is 1. The molecule has 2 aromatic carbocycles. The number of carbonyl (C=O) groups is 1. The second-order valence-electron chi connectivity index (χ2n) is 8.06. The number of terminal acetylenes is 1. The van der Waals surface area contributed by atoms with E-state index in [-0.39, 0.29) is 17.8 Å². The molecular weight excluding hydrogens is 374 g/mol. The van der Waals surface area contributed by atoms with Gasteiger partial charge in [-0.1, -0.05) is 78.7 Å². The Morgan fingerprint density at radius 3 is 2.57 bits per heavy atom. The van der Waals surface area contributed by atoms with Gasteiger partial charge in [0.05, 0.1) is 5.92 Å². The quantitative estimate of drug-likeness (QED) is 0.468. The van der Waals surface area contributed by atoms with E-state index in [9.17, 15) is 9.90 Å². The summed E-state index contributed by atoms with van der Waals surface area (Å²) >= 11 is 0. The van der Waals surface area contributed by atoms with Gasteiger partial charge in [-0.2, -0.15) is 0 Å². The number of allylic oxidation sites excluding steroid dienone is 2. The highest BCUT2D eigenvalue weighted by molar-refractivity contribution is 5.74. The highest BCUT2D eigenvalue weighted by Crippen LogP contribution is 2.41. The Morgan fingerprint density at radius 1 is 1.17 bits per heavy atom. The Balaban J connectivity index is 1.49. The van der Waals surface area contributed by atoms with Gasteiger partial charge >= 0.3 is 5.97 Å². The molecule has 5 atom stereocenters. The average Bonchev–Trinajstić information content (AvgIpc) is 2.80. The highest BCUT2D eigenvalue weighted by Gasteiger charge is 2.45.